The van der Waals surface area contributed by atoms with Crippen molar-refractivity contribution in [2.24, 2.45) is 0 Å². The first-order chi connectivity index (χ1) is 7.43. The van der Waals surface area contributed by atoms with Crippen molar-refractivity contribution in [1.29, 1.82) is 0 Å². The first-order valence-corrected chi connectivity index (χ1v) is 7.64. The number of hydrogen-bond acceptors (Lipinski definition) is 0. The third-order valence-corrected chi connectivity index (χ3v) is 4.55. The molecule has 1 heterocycles. The molecule has 0 unspecified atom stereocenters. The van der Waals surface area contributed by atoms with Crippen LogP contribution in [-0.4, -0.2) is 20.4 Å². The summed E-state index contributed by atoms with van der Waals surface area (Å²) in [6.45, 7) is 0. The fourth-order valence-corrected chi connectivity index (χ4v) is 3.70. The summed E-state index contributed by atoms with van der Waals surface area (Å²) < 4.78 is 4.73. The second kappa shape index (κ2) is 3.85. The molecule has 3 rings (SSSR count). The molecule has 2 aromatic carbocycles. The van der Waals surface area contributed by atoms with E-state index in [0.717, 1.165) is 0 Å². The predicted molar refractivity (Wildman–Crippen MR) is 66.3 cm³/mol. The van der Waals surface area contributed by atoms with Gasteiger partial charge in [0.05, 0.1) is 0 Å². The van der Waals surface area contributed by atoms with Crippen molar-refractivity contribution in [3.05, 3.63) is 56.7 Å². The summed E-state index contributed by atoms with van der Waals surface area (Å²) in [5, 5.41) is 2.65. The monoisotopic (exact) mass is 308 g/mol. The van der Waals surface area contributed by atoms with Crippen LogP contribution in [0.15, 0.2) is 56.7 Å². The van der Waals surface area contributed by atoms with Gasteiger partial charge in [0, 0.05) is 0 Å². The number of rotatable bonds is 1. The second-order valence-electron chi connectivity index (χ2n) is 3.57. The van der Waals surface area contributed by atoms with Crippen LogP contribution in [0, 0.1) is 0 Å². The Kier molecular flexibility index (Phi) is 2.36. The Bertz CT molecular complexity index is 579. The summed E-state index contributed by atoms with van der Waals surface area (Å²) >= 11 is 0.0291. The van der Waals surface area contributed by atoms with Crippen LogP contribution in [0.25, 0.3) is 21.9 Å². The second-order valence-corrected chi connectivity index (χ2v) is 5.80. The molecular formula is C14H10Te. The minimum atomic E-state index is 0.0291. The summed E-state index contributed by atoms with van der Waals surface area (Å²) in [6.07, 6.45) is 0. The van der Waals surface area contributed by atoms with Gasteiger partial charge in [0.1, 0.15) is 0 Å². The van der Waals surface area contributed by atoms with Gasteiger partial charge in [-0.15, -0.1) is 0 Å². The van der Waals surface area contributed by atoms with E-state index in [1.165, 1.54) is 21.9 Å². The summed E-state index contributed by atoms with van der Waals surface area (Å²) in [5.41, 5.74) is 2.76. The summed E-state index contributed by atoms with van der Waals surface area (Å²) in [4.78, 5) is 0. The van der Waals surface area contributed by atoms with Crippen molar-refractivity contribution >= 4 is 31.2 Å². The molecule has 15 heavy (non-hydrogen) atoms. The summed E-state index contributed by atoms with van der Waals surface area (Å²) in [6, 6.07) is 17.5. The molecule has 72 valence electrons. The molecule has 0 saturated carbocycles. The van der Waals surface area contributed by atoms with Crippen LogP contribution in [0.3, 0.4) is 0 Å². The van der Waals surface area contributed by atoms with Crippen LogP contribution in [0.4, 0.5) is 0 Å². The standard InChI is InChI=1S/C14H10Te/c1-2-4-12-9-13(6-5-11(12)3-1)14-7-8-15-10-14/h1-10H. The van der Waals surface area contributed by atoms with Crippen molar-refractivity contribution < 1.29 is 0 Å². The van der Waals surface area contributed by atoms with Gasteiger partial charge in [-0.2, -0.15) is 0 Å². The van der Waals surface area contributed by atoms with E-state index in [9.17, 15) is 0 Å². The molecule has 0 N–H and O–H groups in total. The fraction of sp³-hybridized carbons (Fsp3) is 0. The molecule has 1 heteroatoms. The Morgan fingerprint density at radius 1 is 0.733 bits per heavy atom. The zero-order chi connectivity index (χ0) is 10.1. The Labute approximate surface area is 98.8 Å². The van der Waals surface area contributed by atoms with Gasteiger partial charge in [0.25, 0.3) is 0 Å². The van der Waals surface area contributed by atoms with Gasteiger partial charge in [0.15, 0.2) is 0 Å². The number of fused-ring (bicyclic) bond motifs is 1. The first kappa shape index (κ1) is 9.21. The normalized spacial score (nSPS) is 10.7. The van der Waals surface area contributed by atoms with Crippen LogP contribution < -0.4 is 0 Å². The predicted octanol–water partition coefficient (Wildman–Crippen LogP) is 3.56. The molecule has 0 saturated heterocycles. The fourth-order valence-electron chi connectivity index (χ4n) is 1.80. The number of hydrogen-bond donors (Lipinski definition) is 0. The quantitative estimate of drug-likeness (QED) is 0.603. The van der Waals surface area contributed by atoms with Gasteiger partial charge in [-0.25, -0.2) is 0 Å². The van der Waals surface area contributed by atoms with Gasteiger partial charge >= 0.3 is 99.0 Å². The van der Waals surface area contributed by atoms with Gasteiger partial charge < -0.3 is 0 Å². The first-order valence-electron chi connectivity index (χ1n) is 4.95. The Morgan fingerprint density at radius 3 is 2.40 bits per heavy atom. The van der Waals surface area contributed by atoms with Crippen LogP contribution in [0.5, 0.6) is 0 Å². The van der Waals surface area contributed by atoms with E-state index in [0.29, 0.717) is 0 Å². The summed E-state index contributed by atoms with van der Waals surface area (Å²) in [7, 11) is 0. The molecule has 1 aromatic heterocycles. The van der Waals surface area contributed by atoms with Crippen molar-refractivity contribution in [1.82, 2.24) is 0 Å². The molecule has 0 radical (unpaired) electrons. The molecule has 0 spiro atoms. The average molecular weight is 306 g/mol. The summed E-state index contributed by atoms with van der Waals surface area (Å²) in [5.74, 6) is 0. The van der Waals surface area contributed by atoms with Gasteiger partial charge in [0.2, 0.25) is 0 Å². The van der Waals surface area contributed by atoms with Crippen LogP contribution in [0.1, 0.15) is 0 Å². The molecule has 0 atom stereocenters. The zero-order valence-electron chi connectivity index (χ0n) is 8.18. The van der Waals surface area contributed by atoms with Crippen molar-refractivity contribution in [3.8, 4) is 11.1 Å². The zero-order valence-corrected chi connectivity index (χ0v) is 10.5. The Balaban J connectivity index is 2.22. The maximum absolute atomic E-state index is 2.40. The van der Waals surface area contributed by atoms with E-state index in [1.807, 2.05) is 0 Å². The average Bonchev–Trinajstić information content (AvgIpc) is 2.82. The van der Waals surface area contributed by atoms with E-state index >= 15 is 0 Å². The molecule has 0 aliphatic carbocycles. The molecule has 0 nitrogen and oxygen atoms in total. The maximum atomic E-state index is 2.40. The van der Waals surface area contributed by atoms with Gasteiger partial charge in [-0.05, 0) is 0 Å². The van der Waals surface area contributed by atoms with Gasteiger partial charge in [-0.3, -0.25) is 0 Å². The van der Waals surface area contributed by atoms with Crippen molar-refractivity contribution in [3.63, 3.8) is 0 Å². The van der Waals surface area contributed by atoms with E-state index in [4.69, 9.17) is 0 Å². The molecule has 0 amide bonds. The Morgan fingerprint density at radius 2 is 1.60 bits per heavy atom. The molecule has 0 bridgehead atoms. The number of benzene rings is 2. The van der Waals surface area contributed by atoms with E-state index < -0.39 is 0 Å². The van der Waals surface area contributed by atoms with Crippen molar-refractivity contribution in [2.45, 2.75) is 0 Å². The van der Waals surface area contributed by atoms with E-state index in [1.54, 1.807) is 0 Å². The van der Waals surface area contributed by atoms with Crippen molar-refractivity contribution in [2.75, 3.05) is 0 Å². The van der Waals surface area contributed by atoms with E-state index in [2.05, 4.69) is 56.7 Å². The molecular weight excluding hydrogens is 296 g/mol. The topological polar surface area (TPSA) is 0 Å². The van der Waals surface area contributed by atoms with Crippen LogP contribution in [-0.2, 0) is 0 Å². The van der Waals surface area contributed by atoms with Gasteiger partial charge in [-0.1, -0.05) is 0 Å². The third-order valence-electron chi connectivity index (χ3n) is 2.60. The Hall–Kier alpha value is -1.03. The van der Waals surface area contributed by atoms with Crippen LogP contribution in [0.2, 0.25) is 0 Å². The minimum absolute atomic E-state index is 0.0291. The molecule has 0 fully saturated rings. The van der Waals surface area contributed by atoms with E-state index in [-0.39, 0.29) is 20.4 Å². The SMILES string of the molecule is c1ccc2cc(-c3cc[te]c3)ccc2c1. The molecule has 0 aliphatic rings. The third kappa shape index (κ3) is 1.74. The molecule has 3 aromatic rings. The molecule has 0 aliphatic heterocycles. The van der Waals surface area contributed by atoms with Crippen LogP contribution >= 0.6 is 0 Å².